The van der Waals surface area contributed by atoms with E-state index in [9.17, 15) is 9.18 Å². The fourth-order valence-corrected chi connectivity index (χ4v) is 1.88. The van der Waals surface area contributed by atoms with E-state index in [0.717, 1.165) is 6.42 Å². The minimum atomic E-state index is -1.06. The van der Waals surface area contributed by atoms with E-state index < -0.39 is 11.6 Å². The van der Waals surface area contributed by atoms with Crippen molar-refractivity contribution in [2.75, 3.05) is 11.9 Å². The molecule has 17 heavy (non-hydrogen) atoms. The third-order valence-corrected chi connectivity index (χ3v) is 3.10. The molecule has 92 valence electrons. The lowest BCUT2D eigenvalue weighted by Crippen LogP contribution is -2.33. The summed E-state index contributed by atoms with van der Waals surface area (Å²) in [7, 11) is 0. The average molecular weight is 238 g/mol. The first-order valence-electron chi connectivity index (χ1n) is 5.72. The number of carbonyl (C=O) groups is 1. The van der Waals surface area contributed by atoms with Gasteiger partial charge in [-0.2, -0.15) is 0 Å². The summed E-state index contributed by atoms with van der Waals surface area (Å²) in [6.07, 6.45) is 2.68. The average Bonchev–Trinajstić information content (AvgIpc) is 2.27. The molecule has 0 aromatic carbocycles. The van der Waals surface area contributed by atoms with Crippen LogP contribution in [0.5, 0.6) is 0 Å². The van der Waals surface area contributed by atoms with E-state index in [0.29, 0.717) is 31.6 Å². The van der Waals surface area contributed by atoms with Crippen LogP contribution in [-0.4, -0.2) is 28.3 Å². The van der Waals surface area contributed by atoms with Gasteiger partial charge < -0.3 is 10.4 Å². The standard InChI is InChI=1S/C12H15FN2O2/c13-12(5-2-6-12)7-8-14-10-4-1-3-9(15-10)11(16)17/h1,3-4H,2,5-8H2,(H,14,15)(H,16,17). The molecular formula is C12H15FN2O2. The van der Waals surface area contributed by atoms with Crippen molar-refractivity contribution in [2.24, 2.45) is 0 Å². The molecule has 0 bridgehead atoms. The Hall–Kier alpha value is -1.65. The van der Waals surface area contributed by atoms with Crippen LogP contribution < -0.4 is 5.32 Å². The lowest BCUT2D eigenvalue weighted by atomic mass is 9.80. The Labute approximate surface area is 98.9 Å². The molecule has 0 unspecified atom stereocenters. The van der Waals surface area contributed by atoms with E-state index in [1.54, 1.807) is 12.1 Å². The highest BCUT2D eigenvalue weighted by Gasteiger charge is 2.36. The molecule has 1 aromatic heterocycles. The molecular weight excluding hydrogens is 223 g/mol. The van der Waals surface area contributed by atoms with Gasteiger partial charge in [0.05, 0.1) is 0 Å². The zero-order chi connectivity index (χ0) is 12.3. The predicted molar refractivity (Wildman–Crippen MR) is 62.0 cm³/mol. The van der Waals surface area contributed by atoms with Gasteiger partial charge in [0.15, 0.2) is 5.69 Å². The number of nitrogens with zero attached hydrogens (tertiary/aromatic N) is 1. The summed E-state index contributed by atoms with van der Waals surface area (Å²) in [5.41, 5.74) is -1.02. The second-order valence-electron chi connectivity index (χ2n) is 4.39. The number of aromatic carboxylic acids is 1. The highest BCUT2D eigenvalue weighted by atomic mass is 19.1. The maximum absolute atomic E-state index is 13.7. The normalized spacial score (nSPS) is 17.2. The molecule has 1 aliphatic rings. The van der Waals surface area contributed by atoms with Crippen molar-refractivity contribution in [3.63, 3.8) is 0 Å². The second kappa shape index (κ2) is 4.69. The first-order chi connectivity index (χ1) is 8.09. The summed E-state index contributed by atoms with van der Waals surface area (Å²) in [5.74, 6) is -0.581. The lowest BCUT2D eigenvalue weighted by molar-refractivity contribution is 0.0577. The third kappa shape index (κ3) is 2.93. The second-order valence-corrected chi connectivity index (χ2v) is 4.39. The minimum Gasteiger partial charge on any atom is -0.477 e. The Morgan fingerprint density at radius 1 is 1.53 bits per heavy atom. The molecule has 2 rings (SSSR count). The zero-order valence-corrected chi connectivity index (χ0v) is 9.45. The highest BCUT2D eigenvalue weighted by Crippen LogP contribution is 2.38. The van der Waals surface area contributed by atoms with E-state index in [1.165, 1.54) is 6.07 Å². The summed E-state index contributed by atoms with van der Waals surface area (Å²) in [5, 5.41) is 11.7. The van der Waals surface area contributed by atoms with E-state index in [4.69, 9.17) is 5.11 Å². The molecule has 0 atom stereocenters. The molecule has 5 heteroatoms. The molecule has 1 heterocycles. The van der Waals surface area contributed by atoms with Crippen molar-refractivity contribution in [1.29, 1.82) is 0 Å². The summed E-state index contributed by atoms with van der Waals surface area (Å²) in [6, 6.07) is 4.72. The number of nitrogens with one attached hydrogen (secondary N) is 1. The molecule has 0 saturated heterocycles. The van der Waals surface area contributed by atoms with Gasteiger partial charge in [0.1, 0.15) is 11.5 Å². The van der Waals surface area contributed by atoms with E-state index in [1.807, 2.05) is 0 Å². The molecule has 1 saturated carbocycles. The SMILES string of the molecule is O=C(O)c1cccc(NCCC2(F)CCC2)n1. The quantitative estimate of drug-likeness (QED) is 0.827. The van der Waals surface area contributed by atoms with Crippen LogP contribution in [0.2, 0.25) is 0 Å². The number of alkyl halides is 1. The maximum Gasteiger partial charge on any atom is 0.354 e. The van der Waals surface area contributed by atoms with Gasteiger partial charge in [-0.15, -0.1) is 0 Å². The van der Waals surface area contributed by atoms with Crippen LogP contribution in [0.25, 0.3) is 0 Å². The lowest BCUT2D eigenvalue weighted by Gasteiger charge is -2.33. The zero-order valence-electron chi connectivity index (χ0n) is 9.45. The number of hydrogen-bond donors (Lipinski definition) is 2. The summed E-state index contributed by atoms with van der Waals surface area (Å²) in [6.45, 7) is 0.479. The first-order valence-corrected chi connectivity index (χ1v) is 5.72. The van der Waals surface area contributed by atoms with Gasteiger partial charge in [0, 0.05) is 6.54 Å². The molecule has 1 aliphatic carbocycles. The smallest absolute Gasteiger partial charge is 0.354 e. The van der Waals surface area contributed by atoms with Crippen LogP contribution in [0, 0.1) is 0 Å². The van der Waals surface area contributed by atoms with Crippen molar-refractivity contribution in [3.05, 3.63) is 23.9 Å². The van der Waals surface area contributed by atoms with Gasteiger partial charge in [-0.25, -0.2) is 14.2 Å². The molecule has 0 amide bonds. The number of rotatable bonds is 5. The maximum atomic E-state index is 13.7. The van der Waals surface area contributed by atoms with Gasteiger partial charge in [-0.05, 0) is 37.8 Å². The Balaban J connectivity index is 1.86. The summed E-state index contributed by atoms with van der Waals surface area (Å²) in [4.78, 5) is 14.6. The number of carboxylic acids is 1. The van der Waals surface area contributed by atoms with Crippen LogP contribution >= 0.6 is 0 Å². The van der Waals surface area contributed by atoms with Gasteiger partial charge in [-0.3, -0.25) is 0 Å². The molecule has 2 N–H and O–H groups in total. The molecule has 0 radical (unpaired) electrons. The third-order valence-electron chi connectivity index (χ3n) is 3.10. The van der Waals surface area contributed by atoms with Gasteiger partial charge in [-0.1, -0.05) is 6.07 Å². The van der Waals surface area contributed by atoms with Crippen molar-refractivity contribution in [2.45, 2.75) is 31.4 Å². The van der Waals surface area contributed by atoms with Crippen molar-refractivity contribution in [3.8, 4) is 0 Å². The van der Waals surface area contributed by atoms with Crippen LogP contribution in [0.3, 0.4) is 0 Å². The van der Waals surface area contributed by atoms with Crippen LogP contribution in [0.4, 0.5) is 10.2 Å². The number of halogens is 1. The highest BCUT2D eigenvalue weighted by molar-refractivity contribution is 5.85. The van der Waals surface area contributed by atoms with Crippen molar-refractivity contribution in [1.82, 2.24) is 4.98 Å². The van der Waals surface area contributed by atoms with Crippen molar-refractivity contribution >= 4 is 11.8 Å². The Bertz CT molecular complexity index is 419. The van der Waals surface area contributed by atoms with Crippen LogP contribution in [0.15, 0.2) is 18.2 Å². The van der Waals surface area contributed by atoms with E-state index in [2.05, 4.69) is 10.3 Å². The topological polar surface area (TPSA) is 62.2 Å². The van der Waals surface area contributed by atoms with Crippen molar-refractivity contribution < 1.29 is 14.3 Å². The Kier molecular flexibility index (Phi) is 3.26. The number of aromatic nitrogens is 1. The largest absolute Gasteiger partial charge is 0.477 e. The van der Waals surface area contributed by atoms with Crippen LogP contribution in [-0.2, 0) is 0 Å². The molecule has 4 nitrogen and oxygen atoms in total. The predicted octanol–water partition coefficient (Wildman–Crippen LogP) is 2.47. The minimum absolute atomic E-state index is 0.00592. The van der Waals surface area contributed by atoms with E-state index >= 15 is 0 Å². The molecule has 1 aromatic rings. The van der Waals surface area contributed by atoms with Gasteiger partial charge in [0.25, 0.3) is 0 Å². The summed E-state index contributed by atoms with van der Waals surface area (Å²) < 4.78 is 13.7. The fraction of sp³-hybridized carbons (Fsp3) is 0.500. The monoisotopic (exact) mass is 238 g/mol. The van der Waals surface area contributed by atoms with Gasteiger partial charge in [0.2, 0.25) is 0 Å². The number of hydrogen-bond acceptors (Lipinski definition) is 3. The Morgan fingerprint density at radius 3 is 2.88 bits per heavy atom. The Morgan fingerprint density at radius 2 is 2.29 bits per heavy atom. The molecule has 0 aliphatic heterocycles. The first kappa shape index (κ1) is 11.8. The number of pyridine rings is 1. The summed E-state index contributed by atoms with van der Waals surface area (Å²) >= 11 is 0. The number of anilines is 1. The molecule has 0 spiro atoms. The fourth-order valence-electron chi connectivity index (χ4n) is 1.88. The number of carboxylic acid groups (broad SMARTS) is 1. The van der Waals surface area contributed by atoms with Crippen LogP contribution in [0.1, 0.15) is 36.2 Å². The molecule has 1 fully saturated rings. The van der Waals surface area contributed by atoms with Gasteiger partial charge >= 0.3 is 5.97 Å². The van der Waals surface area contributed by atoms with E-state index in [-0.39, 0.29) is 5.69 Å².